The number of rotatable bonds is 10. The first kappa shape index (κ1) is 32.6. The van der Waals surface area contributed by atoms with Crippen molar-refractivity contribution in [3.63, 3.8) is 0 Å². The Labute approximate surface area is 264 Å². The number of hydrogen-bond donors (Lipinski definition) is 1. The SMILES string of the molecule is CCS(=O)(=O)c1ccc(N(CC(=O)Nc2cc(Cl)c(C3(c4noc(-c5cc(F)ccc5F)n4)CC3)c(Cl)c2)CC(F)(F)F)cc1. The third kappa shape index (κ3) is 7.07. The van der Waals surface area contributed by atoms with Crippen LogP contribution in [-0.2, 0) is 20.0 Å². The summed E-state index contributed by atoms with van der Waals surface area (Å²) in [7, 11) is -3.58. The minimum atomic E-state index is -4.67. The minimum absolute atomic E-state index is 0.0165. The maximum Gasteiger partial charge on any atom is 0.405 e. The summed E-state index contributed by atoms with van der Waals surface area (Å²) >= 11 is 13.1. The fourth-order valence-electron chi connectivity index (χ4n) is 4.86. The Balaban J connectivity index is 1.35. The van der Waals surface area contributed by atoms with E-state index in [2.05, 4.69) is 15.5 Å². The summed E-state index contributed by atoms with van der Waals surface area (Å²) in [6.45, 7) is -0.768. The number of carbonyl (C=O) groups excluding carboxylic acids is 1. The van der Waals surface area contributed by atoms with Crippen molar-refractivity contribution in [1.29, 1.82) is 0 Å². The fourth-order valence-corrected chi connectivity index (χ4v) is 6.59. The maximum absolute atomic E-state index is 14.3. The van der Waals surface area contributed by atoms with Crippen LogP contribution in [0.4, 0.5) is 33.3 Å². The van der Waals surface area contributed by atoms with Gasteiger partial charge in [0.1, 0.15) is 18.2 Å². The topological polar surface area (TPSA) is 105 Å². The molecule has 0 spiro atoms. The lowest BCUT2D eigenvalue weighted by Crippen LogP contribution is -2.39. The van der Waals surface area contributed by atoms with E-state index < -0.39 is 52.1 Å². The highest BCUT2D eigenvalue weighted by Gasteiger charge is 2.52. The Kier molecular flexibility index (Phi) is 8.86. The molecule has 16 heteroatoms. The molecule has 0 saturated heterocycles. The average molecular weight is 689 g/mol. The van der Waals surface area contributed by atoms with Gasteiger partial charge in [-0.3, -0.25) is 4.79 Å². The lowest BCUT2D eigenvalue weighted by atomic mass is 9.94. The van der Waals surface area contributed by atoms with Crippen molar-refractivity contribution < 1.29 is 39.7 Å². The van der Waals surface area contributed by atoms with Crippen LogP contribution in [0.5, 0.6) is 0 Å². The van der Waals surface area contributed by atoms with Gasteiger partial charge in [-0.25, -0.2) is 17.2 Å². The molecule has 0 bridgehead atoms. The highest BCUT2D eigenvalue weighted by Crippen LogP contribution is 2.57. The summed E-state index contributed by atoms with van der Waals surface area (Å²) in [4.78, 5) is 17.8. The van der Waals surface area contributed by atoms with Crippen molar-refractivity contribution in [2.75, 3.05) is 29.1 Å². The fraction of sp³-hybridized carbons (Fsp3) is 0.276. The number of sulfone groups is 1. The molecule has 238 valence electrons. The number of aromatic nitrogens is 2. The molecule has 3 aromatic carbocycles. The zero-order chi connectivity index (χ0) is 32.7. The van der Waals surface area contributed by atoms with Gasteiger partial charge in [-0.05, 0) is 67.4 Å². The molecule has 1 aromatic heterocycles. The van der Waals surface area contributed by atoms with Gasteiger partial charge in [0.05, 0.1) is 28.2 Å². The summed E-state index contributed by atoms with van der Waals surface area (Å²) < 4.78 is 97.4. The number of alkyl halides is 3. The summed E-state index contributed by atoms with van der Waals surface area (Å²) in [6.07, 6.45) is -3.68. The molecule has 0 unspecified atom stereocenters. The summed E-state index contributed by atoms with van der Waals surface area (Å²) in [6, 6.07) is 10.3. The van der Waals surface area contributed by atoms with E-state index >= 15 is 0 Å². The molecule has 1 amide bonds. The molecule has 0 aliphatic heterocycles. The largest absolute Gasteiger partial charge is 0.405 e. The lowest BCUT2D eigenvalue weighted by Gasteiger charge is -2.26. The quantitative estimate of drug-likeness (QED) is 0.176. The number of nitrogens with zero attached hydrogens (tertiary/aromatic N) is 3. The Morgan fingerprint density at radius 2 is 1.69 bits per heavy atom. The summed E-state index contributed by atoms with van der Waals surface area (Å²) in [5, 5.41) is 6.63. The number of nitrogens with one attached hydrogen (secondary N) is 1. The van der Waals surface area contributed by atoms with Crippen LogP contribution in [0.15, 0.2) is 64.0 Å². The molecule has 4 aromatic rings. The number of amides is 1. The lowest BCUT2D eigenvalue weighted by molar-refractivity contribution is -0.122. The Hall–Kier alpha value is -3.75. The van der Waals surface area contributed by atoms with Gasteiger partial charge in [-0.15, -0.1) is 0 Å². The van der Waals surface area contributed by atoms with Crippen LogP contribution in [0.1, 0.15) is 31.2 Å². The number of halogens is 7. The van der Waals surface area contributed by atoms with E-state index in [0.29, 0.717) is 18.4 Å². The average Bonchev–Trinajstić information content (AvgIpc) is 3.59. The molecule has 1 heterocycles. The van der Waals surface area contributed by atoms with E-state index in [9.17, 15) is 35.2 Å². The van der Waals surface area contributed by atoms with Gasteiger partial charge in [-0.2, -0.15) is 18.2 Å². The molecule has 1 N–H and O–H groups in total. The van der Waals surface area contributed by atoms with Crippen molar-refractivity contribution in [2.24, 2.45) is 0 Å². The van der Waals surface area contributed by atoms with Crippen LogP contribution in [0, 0.1) is 11.6 Å². The third-order valence-electron chi connectivity index (χ3n) is 7.21. The predicted octanol–water partition coefficient (Wildman–Crippen LogP) is 7.20. The first-order valence-corrected chi connectivity index (χ1v) is 15.8. The van der Waals surface area contributed by atoms with E-state index in [-0.39, 0.29) is 49.3 Å². The van der Waals surface area contributed by atoms with Crippen LogP contribution >= 0.6 is 23.2 Å². The van der Waals surface area contributed by atoms with Crippen molar-refractivity contribution in [2.45, 2.75) is 36.3 Å². The molecule has 45 heavy (non-hydrogen) atoms. The van der Waals surface area contributed by atoms with Gasteiger partial charge in [-0.1, -0.05) is 35.3 Å². The smallest absolute Gasteiger partial charge is 0.353 e. The standard InChI is InChI=1S/C29H23Cl2F5N4O4S/c1-2-45(42,43)19-6-4-18(5-7-19)40(15-29(34,35)36)14-24(41)37-17-12-21(30)25(22(31)13-17)28(9-10-28)27-38-26(44-39-27)20-11-16(32)3-8-23(20)33/h3-8,11-13H,2,9-10,14-15H2,1H3,(H,37,41). The van der Waals surface area contributed by atoms with Crippen LogP contribution < -0.4 is 10.2 Å². The van der Waals surface area contributed by atoms with E-state index in [0.717, 1.165) is 23.1 Å². The van der Waals surface area contributed by atoms with Gasteiger partial charge in [0.2, 0.25) is 5.91 Å². The monoisotopic (exact) mass is 688 g/mol. The first-order valence-electron chi connectivity index (χ1n) is 13.4. The molecule has 0 atom stereocenters. The van der Waals surface area contributed by atoms with E-state index in [1.54, 1.807) is 0 Å². The molecule has 5 rings (SSSR count). The molecule has 8 nitrogen and oxygen atoms in total. The minimum Gasteiger partial charge on any atom is -0.353 e. The van der Waals surface area contributed by atoms with E-state index in [4.69, 9.17) is 27.7 Å². The first-order chi connectivity index (χ1) is 21.1. The second kappa shape index (κ2) is 12.2. The molecule has 0 radical (unpaired) electrons. The summed E-state index contributed by atoms with van der Waals surface area (Å²) in [5.74, 6) is -2.57. The number of anilines is 2. The van der Waals surface area contributed by atoms with Crippen molar-refractivity contribution >= 4 is 50.3 Å². The van der Waals surface area contributed by atoms with E-state index in [1.165, 1.54) is 43.3 Å². The number of hydrogen-bond acceptors (Lipinski definition) is 7. The summed E-state index contributed by atoms with van der Waals surface area (Å²) in [5.41, 5.74) is -0.639. The van der Waals surface area contributed by atoms with Gasteiger partial charge in [0, 0.05) is 27.0 Å². The molecule has 1 saturated carbocycles. The number of carbonyl (C=O) groups is 1. The van der Waals surface area contributed by atoms with Crippen LogP contribution in [0.3, 0.4) is 0 Å². The molecule has 1 fully saturated rings. The zero-order valence-electron chi connectivity index (χ0n) is 23.3. The second-order valence-electron chi connectivity index (χ2n) is 10.4. The Morgan fingerprint density at radius 3 is 2.27 bits per heavy atom. The molecular weight excluding hydrogens is 666 g/mol. The molecule has 1 aliphatic rings. The van der Waals surface area contributed by atoms with Gasteiger partial charge in [0.25, 0.3) is 5.89 Å². The highest BCUT2D eigenvalue weighted by molar-refractivity contribution is 7.91. The highest BCUT2D eigenvalue weighted by atomic mass is 35.5. The van der Waals surface area contributed by atoms with Gasteiger partial charge < -0.3 is 14.7 Å². The van der Waals surface area contributed by atoms with Gasteiger partial charge in [0.15, 0.2) is 15.7 Å². The van der Waals surface area contributed by atoms with E-state index in [1.807, 2.05) is 0 Å². The van der Waals surface area contributed by atoms with Gasteiger partial charge >= 0.3 is 6.18 Å². The van der Waals surface area contributed by atoms with Crippen LogP contribution in [0.2, 0.25) is 10.0 Å². The Morgan fingerprint density at radius 1 is 1.04 bits per heavy atom. The predicted molar refractivity (Wildman–Crippen MR) is 157 cm³/mol. The van der Waals surface area contributed by atoms with Crippen LogP contribution in [-0.4, -0.2) is 49.5 Å². The molecule has 1 aliphatic carbocycles. The third-order valence-corrected chi connectivity index (χ3v) is 9.56. The molecular formula is C29H23Cl2F5N4O4S. The normalized spacial score (nSPS) is 14.3. The second-order valence-corrected chi connectivity index (χ2v) is 13.5. The van der Waals surface area contributed by atoms with Crippen molar-refractivity contribution in [1.82, 2.24) is 10.1 Å². The van der Waals surface area contributed by atoms with Crippen molar-refractivity contribution in [3.05, 3.63) is 87.7 Å². The number of benzene rings is 3. The van der Waals surface area contributed by atoms with Crippen molar-refractivity contribution in [3.8, 4) is 11.5 Å². The van der Waals surface area contributed by atoms with Crippen LogP contribution in [0.25, 0.3) is 11.5 Å². The maximum atomic E-state index is 14.3. The zero-order valence-corrected chi connectivity index (χ0v) is 25.6. The Bertz CT molecular complexity index is 1840.